The van der Waals surface area contributed by atoms with Crippen molar-refractivity contribution in [2.45, 2.75) is 25.4 Å². The van der Waals surface area contributed by atoms with Crippen molar-refractivity contribution in [1.82, 2.24) is 4.90 Å². The summed E-state index contributed by atoms with van der Waals surface area (Å²) in [5.41, 5.74) is -0.654. The van der Waals surface area contributed by atoms with Crippen LogP contribution in [0.5, 0.6) is 5.75 Å². The molecule has 0 aromatic heterocycles. The molecule has 0 bridgehead atoms. The molecule has 1 saturated heterocycles. The molecule has 0 amide bonds. The van der Waals surface area contributed by atoms with Crippen LogP contribution < -0.4 is 0 Å². The highest BCUT2D eigenvalue weighted by atomic mass is 19.1. The van der Waals surface area contributed by atoms with E-state index in [2.05, 4.69) is 4.90 Å². The Morgan fingerprint density at radius 1 is 1.35 bits per heavy atom. The SMILES string of the molecule is CN1CCCC(C(C)(F)c2ccc(O)cc2)C1. The van der Waals surface area contributed by atoms with Crippen LogP contribution in [0.4, 0.5) is 4.39 Å². The largest absolute Gasteiger partial charge is 0.508 e. The summed E-state index contributed by atoms with van der Waals surface area (Å²) < 4.78 is 14.9. The van der Waals surface area contributed by atoms with Gasteiger partial charge >= 0.3 is 0 Å². The molecule has 1 fully saturated rings. The van der Waals surface area contributed by atoms with Crippen molar-refractivity contribution in [2.75, 3.05) is 20.1 Å². The molecule has 1 aromatic carbocycles. The molecular weight excluding hydrogens is 217 g/mol. The highest BCUT2D eigenvalue weighted by Gasteiger charge is 2.37. The van der Waals surface area contributed by atoms with Gasteiger partial charge in [0.15, 0.2) is 0 Å². The van der Waals surface area contributed by atoms with Gasteiger partial charge in [0.25, 0.3) is 0 Å². The van der Waals surface area contributed by atoms with E-state index in [1.54, 1.807) is 31.2 Å². The second-order valence-electron chi connectivity index (χ2n) is 5.22. The van der Waals surface area contributed by atoms with Gasteiger partial charge in [0.05, 0.1) is 0 Å². The van der Waals surface area contributed by atoms with Crippen molar-refractivity contribution in [1.29, 1.82) is 0 Å². The average molecular weight is 237 g/mol. The zero-order chi connectivity index (χ0) is 12.5. The zero-order valence-corrected chi connectivity index (χ0v) is 10.5. The number of hydrogen-bond donors (Lipinski definition) is 1. The molecule has 1 aliphatic heterocycles. The van der Waals surface area contributed by atoms with Gasteiger partial charge in [0.1, 0.15) is 11.4 Å². The van der Waals surface area contributed by atoms with Gasteiger partial charge in [0, 0.05) is 12.5 Å². The quantitative estimate of drug-likeness (QED) is 0.855. The van der Waals surface area contributed by atoms with E-state index in [1.165, 1.54) is 0 Å². The number of halogens is 1. The lowest BCUT2D eigenvalue weighted by Crippen LogP contribution is -2.40. The van der Waals surface area contributed by atoms with Gasteiger partial charge in [0.2, 0.25) is 0 Å². The Morgan fingerprint density at radius 3 is 2.59 bits per heavy atom. The van der Waals surface area contributed by atoms with E-state index >= 15 is 0 Å². The summed E-state index contributed by atoms with van der Waals surface area (Å²) in [7, 11) is 2.04. The second-order valence-corrected chi connectivity index (χ2v) is 5.22. The standard InChI is InChI=1S/C14H20FNO/c1-14(15,11-5-7-13(17)8-6-11)12-4-3-9-16(2)10-12/h5-8,12,17H,3-4,9-10H2,1-2H3. The lowest BCUT2D eigenvalue weighted by atomic mass is 9.80. The second kappa shape index (κ2) is 4.65. The summed E-state index contributed by atoms with van der Waals surface area (Å²) in [6.45, 7) is 3.51. The van der Waals surface area contributed by atoms with Crippen LogP contribution in [0, 0.1) is 5.92 Å². The Morgan fingerprint density at radius 2 is 2.00 bits per heavy atom. The first-order valence-corrected chi connectivity index (χ1v) is 6.17. The van der Waals surface area contributed by atoms with E-state index in [0.717, 1.165) is 25.9 Å². The van der Waals surface area contributed by atoms with E-state index in [9.17, 15) is 9.50 Å². The molecule has 1 aromatic rings. The first kappa shape index (κ1) is 12.4. The van der Waals surface area contributed by atoms with Crippen molar-refractivity contribution < 1.29 is 9.50 Å². The fourth-order valence-electron chi connectivity index (χ4n) is 2.63. The molecule has 2 nitrogen and oxygen atoms in total. The Hall–Kier alpha value is -1.09. The average Bonchev–Trinajstić information content (AvgIpc) is 2.29. The lowest BCUT2D eigenvalue weighted by molar-refractivity contribution is 0.0453. The van der Waals surface area contributed by atoms with Gasteiger partial charge in [-0.25, -0.2) is 4.39 Å². The fraction of sp³-hybridized carbons (Fsp3) is 0.571. The molecule has 0 aliphatic carbocycles. The molecule has 2 unspecified atom stereocenters. The number of aromatic hydroxyl groups is 1. The Balaban J connectivity index is 2.19. The minimum Gasteiger partial charge on any atom is -0.508 e. The Bertz CT molecular complexity index is 374. The van der Waals surface area contributed by atoms with Gasteiger partial charge in [-0.15, -0.1) is 0 Å². The summed E-state index contributed by atoms with van der Waals surface area (Å²) in [5, 5.41) is 9.24. The number of likely N-dealkylation sites (tertiary alicyclic amines) is 1. The molecule has 0 saturated carbocycles. The Kier molecular flexibility index (Phi) is 3.38. The summed E-state index contributed by atoms with van der Waals surface area (Å²) in [5.74, 6) is 0.219. The van der Waals surface area contributed by atoms with E-state index in [4.69, 9.17) is 0 Å². The number of alkyl halides is 1. The van der Waals surface area contributed by atoms with E-state index in [-0.39, 0.29) is 11.7 Å². The summed E-state index contributed by atoms with van der Waals surface area (Å²) in [6, 6.07) is 6.48. The molecule has 94 valence electrons. The first-order valence-electron chi connectivity index (χ1n) is 6.17. The van der Waals surface area contributed by atoms with Crippen LogP contribution in [0.2, 0.25) is 0 Å². The van der Waals surface area contributed by atoms with Crippen LogP contribution in [0.25, 0.3) is 0 Å². The maximum absolute atomic E-state index is 14.9. The van der Waals surface area contributed by atoms with Crippen molar-refractivity contribution in [3.63, 3.8) is 0 Å². The third kappa shape index (κ3) is 2.60. The number of benzene rings is 1. The van der Waals surface area contributed by atoms with Crippen molar-refractivity contribution in [3.8, 4) is 5.75 Å². The van der Waals surface area contributed by atoms with Crippen LogP contribution in [-0.4, -0.2) is 30.1 Å². The van der Waals surface area contributed by atoms with E-state index in [1.807, 2.05) is 7.05 Å². The fourth-order valence-corrected chi connectivity index (χ4v) is 2.63. The molecular formula is C14H20FNO. The van der Waals surface area contributed by atoms with Crippen molar-refractivity contribution in [2.24, 2.45) is 5.92 Å². The van der Waals surface area contributed by atoms with Crippen molar-refractivity contribution >= 4 is 0 Å². The lowest BCUT2D eigenvalue weighted by Gasteiger charge is -2.37. The van der Waals surface area contributed by atoms with Gasteiger partial charge in [-0.1, -0.05) is 12.1 Å². The summed E-state index contributed by atoms with van der Waals surface area (Å²) >= 11 is 0. The monoisotopic (exact) mass is 237 g/mol. The predicted molar refractivity (Wildman–Crippen MR) is 66.8 cm³/mol. The maximum Gasteiger partial charge on any atom is 0.137 e. The predicted octanol–water partition coefficient (Wildman–Crippen LogP) is 2.92. The highest BCUT2D eigenvalue weighted by molar-refractivity contribution is 5.30. The topological polar surface area (TPSA) is 23.5 Å². The minimum atomic E-state index is -1.32. The van der Waals surface area contributed by atoms with Crippen LogP contribution in [0.3, 0.4) is 0 Å². The molecule has 1 aliphatic rings. The number of piperidine rings is 1. The first-order chi connectivity index (χ1) is 8.00. The number of nitrogens with zero attached hydrogens (tertiary/aromatic N) is 1. The third-order valence-corrected chi connectivity index (χ3v) is 3.82. The number of rotatable bonds is 2. The third-order valence-electron chi connectivity index (χ3n) is 3.82. The van der Waals surface area contributed by atoms with Crippen LogP contribution in [0.15, 0.2) is 24.3 Å². The summed E-state index contributed by atoms with van der Waals surface area (Å²) in [6.07, 6.45) is 1.98. The molecule has 1 heterocycles. The molecule has 1 N–H and O–H groups in total. The molecule has 2 rings (SSSR count). The minimum absolute atomic E-state index is 0.0331. The zero-order valence-electron chi connectivity index (χ0n) is 10.5. The van der Waals surface area contributed by atoms with Gasteiger partial charge in [-0.05, 0) is 51.1 Å². The van der Waals surface area contributed by atoms with Crippen LogP contribution >= 0.6 is 0 Å². The molecule has 2 atom stereocenters. The number of hydrogen-bond acceptors (Lipinski definition) is 2. The highest BCUT2D eigenvalue weighted by Crippen LogP contribution is 2.38. The maximum atomic E-state index is 14.9. The summed E-state index contributed by atoms with van der Waals surface area (Å²) in [4.78, 5) is 2.19. The van der Waals surface area contributed by atoms with Gasteiger partial charge in [-0.2, -0.15) is 0 Å². The molecule has 17 heavy (non-hydrogen) atoms. The molecule has 3 heteroatoms. The van der Waals surface area contributed by atoms with Gasteiger partial charge in [-0.3, -0.25) is 0 Å². The van der Waals surface area contributed by atoms with Crippen LogP contribution in [0.1, 0.15) is 25.3 Å². The van der Waals surface area contributed by atoms with Crippen LogP contribution in [-0.2, 0) is 5.67 Å². The van der Waals surface area contributed by atoms with Crippen molar-refractivity contribution in [3.05, 3.63) is 29.8 Å². The Labute approximate surface area is 102 Å². The smallest absolute Gasteiger partial charge is 0.137 e. The number of phenolic OH excluding ortho intramolecular Hbond substituents is 1. The molecule has 0 radical (unpaired) electrons. The number of phenols is 1. The van der Waals surface area contributed by atoms with Gasteiger partial charge < -0.3 is 10.0 Å². The van der Waals surface area contributed by atoms with E-state index < -0.39 is 5.67 Å². The molecule has 0 spiro atoms. The normalized spacial score (nSPS) is 25.5. The van der Waals surface area contributed by atoms with E-state index in [0.29, 0.717) is 5.56 Å².